The van der Waals surface area contributed by atoms with Gasteiger partial charge < -0.3 is 4.84 Å². The van der Waals surface area contributed by atoms with E-state index in [2.05, 4.69) is 25.9 Å². The van der Waals surface area contributed by atoms with Gasteiger partial charge in [0.15, 0.2) is 5.78 Å². The van der Waals surface area contributed by atoms with E-state index in [-0.39, 0.29) is 16.8 Å². The van der Waals surface area contributed by atoms with Gasteiger partial charge >= 0.3 is 5.97 Å². The van der Waals surface area contributed by atoms with Crippen molar-refractivity contribution in [2.24, 2.45) is 5.16 Å². The smallest absolute Gasteiger partial charge is 0.317 e. The molecule has 0 amide bonds. The quantitative estimate of drug-likeness (QED) is 0.319. The molecule has 0 atom stereocenters. The molecule has 68 valence electrons. The first-order valence-corrected chi connectivity index (χ1v) is 4.57. The van der Waals surface area contributed by atoms with Crippen molar-refractivity contribution < 1.29 is 14.4 Å². The topological polar surface area (TPSA) is 55.7 Å². The minimum absolute atomic E-state index is 0.0735. The lowest BCUT2D eigenvalue weighted by atomic mass is 10.2. The van der Waals surface area contributed by atoms with Crippen LogP contribution in [0.1, 0.15) is 20.3 Å². The third kappa shape index (κ3) is 4.23. The first kappa shape index (κ1) is 11.3. The van der Waals surface area contributed by atoms with Gasteiger partial charge in [-0.05, 0) is 6.92 Å². The molecule has 0 aromatic carbocycles. The largest absolute Gasteiger partial charge is 0.345 e. The van der Waals surface area contributed by atoms with Crippen molar-refractivity contribution in [3.63, 3.8) is 0 Å². The van der Waals surface area contributed by atoms with Gasteiger partial charge in [0.25, 0.3) is 0 Å². The first-order chi connectivity index (χ1) is 5.61. The van der Waals surface area contributed by atoms with Gasteiger partial charge in [-0.25, -0.2) is 4.79 Å². The Morgan fingerprint density at radius 2 is 2.08 bits per heavy atom. The molecule has 0 N–H and O–H groups in total. The van der Waals surface area contributed by atoms with Crippen LogP contribution in [0.15, 0.2) is 5.16 Å². The average Bonchev–Trinajstić information content (AvgIpc) is 2.11. The Balaban J connectivity index is 4.00. The monoisotopic (exact) mass is 235 g/mol. The summed E-state index contributed by atoms with van der Waals surface area (Å²) in [5, 5.41) is 3.43. The van der Waals surface area contributed by atoms with E-state index in [1.807, 2.05) is 0 Å². The van der Waals surface area contributed by atoms with E-state index in [0.717, 1.165) is 0 Å². The van der Waals surface area contributed by atoms with Gasteiger partial charge in [0.1, 0.15) is 11.0 Å². The van der Waals surface area contributed by atoms with E-state index in [1.165, 1.54) is 6.92 Å². The normalized spacial score (nSPS) is 11.1. The third-order valence-electron chi connectivity index (χ3n) is 1.12. The predicted molar refractivity (Wildman–Crippen MR) is 48.3 cm³/mol. The van der Waals surface area contributed by atoms with Gasteiger partial charge in [-0.2, -0.15) is 0 Å². The highest BCUT2D eigenvalue weighted by Gasteiger charge is 2.04. The number of hydrogen-bond acceptors (Lipinski definition) is 4. The van der Waals surface area contributed by atoms with E-state index in [9.17, 15) is 9.59 Å². The number of ketones is 1. The molecular formula is C7H10BrNO3. The highest BCUT2D eigenvalue weighted by atomic mass is 79.9. The summed E-state index contributed by atoms with van der Waals surface area (Å²) in [6, 6.07) is 0. The van der Waals surface area contributed by atoms with Crippen LogP contribution in [0, 0.1) is 0 Å². The van der Waals surface area contributed by atoms with Crippen LogP contribution in [-0.2, 0) is 14.4 Å². The lowest BCUT2D eigenvalue weighted by Gasteiger charge is -1.95. The zero-order chi connectivity index (χ0) is 9.56. The number of hydrogen-bond donors (Lipinski definition) is 0. The van der Waals surface area contributed by atoms with Crippen molar-refractivity contribution in [2.75, 3.05) is 5.33 Å². The summed E-state index contributed by atoms with van der Waals surface area (Å²) in [5.41, 5.74) is 0.215. The van der Waals surface area contributed by atoms with Crippen molar-refractivity contribution in [1.29, 1.82) is 0 Å². The molecule has 0 saturated heterocycles. The van der Waals surface area contributed by atoms with Crippen molar-refractivity contribution in [1.82, 2.24) is 0 Å². The van der Waals surface area contributed by atoms with Crippen LogP contribution in [0.5, 0.6) is 0 Å². The molecule has 0 rings (SSSR count). The van der Waals surface area contributed by atoms with Crippen LogP contribution in [0.25, 0.3) is 0 Å². The highest BCUT2D eigenvalue weighted by molar-refractivity contribution is 9.09. The molecule has 0 spiro atoms. The van der Waals surface area contributed by atoms with E-state index >= 15 is 0 Å². The maximum Gasteiger partial charge on any atom is 0.345 e. The molecule has 0 radical (unpaired) electrons. The zero-order valence-corrected chi connectivity index (χ0v) is 8.55. The average molecular weight is 236 g/mol. The Labute approximate surface area is 79.1 Å². The number of rotatable bonds is 4. The Kier molecular flexibility index (Phi) is 5.53. The van der Waals surface area contributed by atoms with Gasteiger partial charge in [-0.1, -0.05) is 28.0 Å². The molecule has 0 aliphatic carbocycles. The van der Waals surface area contributed by atoms with Crippen LogP contribution in [0.2, 0.25) is 0 Å². The second-order valence-corrected chi connectivity index (χ2v) is 2.61. The van der Waals surface area contributed by atoms with Gasteiger partial charge in [-0.3, -0.25) is 4.79 Å². The Morgan fingerprint density at radius 3 is 2.50 bits per heavy atom. The van der Waals surface area contributed by atoms with E-state index in [4.69, 9.17) is 0 Å². The summed E-state index contributed by atoms with van der Waals surface area (Å²) < 4.78 is 0. The van der Waals surface area contributed by atoms with Crippen molar-refractivity contribution in [2.45, 2.75) is 20.3 Å². The molecule has 0 fully saturated rings. The number of oxime groups is 1. The molecule has 0 heterocycles. The summed E-state index contributed by atoms with van der Waals surface area (Å²) in [7, 11) is 0. The summed E-state index contributed by atoms with van der Waals surface area (Å²) in [6.07, 6.45) is 0.362. The minimum atomic E-state index is -0.516. The molecule has 0 bridgehead atoms. The molecule has 0 aliphatic rings. The lowest BCUT2D eigenvalue weighted by Crippen LogP contribution is -2.10. The Hall–Kier alpha value is -0.710. The molecule has 4 nitrogen and oxygen atoms in total. The first-order valence-electron chi connectivity index (χ1n) is 3.45. The predicted octanol–water partition coefficient (Wildman–Crippen LogP) is 1.28. The molecule has 0 aliphatic heterocycles. The number of carbonyl (C=O) groups excluding carboxylic acids is 2. The SMILES string of the molecule is CCC(=O)C(C)=NOC(=O)CBr. The summed E-state index contributed by atoms with van der Waals surface area (Å²) in [4.78, 5) is 25.8. The van der Waals surface area contributed by atoms with E-state index in [1.54, 1.807) is 6.92 Å². The second kappa shape index (κ2) is 5.88. The fraction of sp³-hybridized carbons (Fsp3) is 0.571. The maximum atomic E-state index is 10.9. The Morgan fingerprint density at radius 1 is 1.50 bits per heavy atom. The lowest BCUT2D eigenvalue weighted by molar-refractivity contribution is -0.140. The molecule has 0 unspecified atom stereocenters. The fourth-order valence-corrected chi connectivity index (χ4v) is 0.553. The second-order valence-electron chi connectivity index (χ2n) is 2.05. The number of halogens is 1. The standard InChI is InChI=1S/C7H10BrNO3/c1-3-6(10)5(2)9-12-7(11)4-8/h3-4H2,1-2H3. The Bertz CT molecular complexity index is 213. The van der Waals surface area contributed by atoms with Crippen LogP contribution < -0.4 is 0 Å². The molecule has 0 saturated carbocycles. The molecule has 5 heteroatoms. The van der Waals surface area contributed by atoms with Crippen LogP contribution in [0.4, 0.5) is 0 Å². The molecule has 12 heavy (non-hydrogen) atoms. The number of alkyl halides is 1. The van der Waals surface area contributed by atoms with Gasteiger partial charge in [-0.15, -0.1) is 0 Å². The van der Waals surface area contributed by atoms with Crippen molar-refractivity contribution >= 4 is 33.4 Å². The van der Waals surface area contributed by atoms with Crippen LogP contribution in [0.3, 0.4) is 0 Å². The molecule has 0 aromatic heterocycles. The van der Waals surface area contributed by atoms with Crippen LogP contribution in [-0.4, -0.2) is 22.8 Å². The third-order valence-corrected chi connectivity index (χ3v) is 1.58. The van der Waals surface area contributed by atoms with Gasteiger partial charge in [0.2, 0.25) is 0 Å². The number of Topliss-reactive ketones (excluding diaryl/α,β-unsaturated/α-hetero) is 1. The van der Waals surface area contributed by atoms with Gasteiger partial charge in [0.05, 0.1) is 0 Å². The highest BCUT2D eigenvalue weighted by Crippen LogP contribution is 1.90. The summed E-state index contributed by atoms with van der Waals surface area (Å²) >= 11 is 2.89. The summed E-state index contributed by atoms with van der Waals surface area (Å²) in [6.45, 7) is 3.22. The van der Waals surface area contributed by atoms with E-state index in [0.29, 0.717) is 6.42 Å². The minimum Gasteiger partial charge on any atom is -0.317 e. The summed E-state index contributed by atoms with van der Waals surface area (Å²) in [5.74, 6) is -0.643. The zero-order valence-electron chi connectivity index (χ0n) is 6.96. The van der Waals surface area contributed by atoms with Crippen molar-refractivity contribution in [3.05, 3.63) is 0 Å². The fourth-order valence-electron chi connectivity index (χ4n) is 0.451. The number of carbonyl (C=O) groups is 2. The van der Waals surface area contributed by atoms with Gasteiger partial charge in [0, 0.05) is 6.42 Å². The molecular weight excluding hydrogens is 226 g/mol. The molecule has 0 aromatic rings. The van der Waals surface area contributed by atoms with Crippen molar-refractivity contribution in [3.8, 4) is 0 Å². The van der Waals surface area contributed by atoms with Crippen LogP contribution >= 0.6 is 15.9 Å². The number of nitrogens with zero attached hydrogens (tertiary/aromatic N) is 1. The maximum absolute atomic E-state index is 10.9. The van der Waals surface area contributed by atoms with E-state index < -0.39 is 5.97 Å².